The van der Waals surface area contributed by atoms with Crippen molar-refractivity contribution in [2.75, 3.05) is 0 Å². The molecule has 0 spiro atoms. The first-order valence-electron chi connectivity index (χ1n) is 3.47. The van der Waals surface area contributed by atoms with Crippen molar-refractivity contribution in [3.8, 4) is 11.5 Å². The fourth-order valence-electron chi connectivity index (χ4n) is 0.906. The minimum atomic E-state index is -0.947. The van der Waals surface area contributed by atoms with E-state index in [1.54, 1.807) is 0 Å². The van der Waals surface area contributed by atoms with Crippen LogP contribution in [-0.2, 0) is 0 Å². The Labute approximate surface area is 70.2 Å². The van der Waals surface area contributed by atoms with Crippen LogP contribution < -0.4 is 0 Å². The van der Waals surface area contributed by atoms with Crippen molar-refractivity contribution in [3.05, 3.63) is 36.4 Å². The van der Waals surface area contributed by atoms with Crippen LogP contribution in [0.5, 0.6) is 11.5 Å². The lowest BCUT2D eigenvalue weighted by Gasteiger charge is -2.07. The summed E-state index contributed by atoms with van der Waals surface area (Å²) in [6.07, 6.45) is 0.325. The first-order valence-corrected chi connectivity index (χ1v) is 3.47. The molecule has 1 rings (SSSR count). The first-order chi connectivity index (χ1) is 5.65. The molecule has 0 aliphatic carbocycles. The van der Waals surface area contributed by atoms with Gasteiger partial charge in [0.05, 0.1) is 0 Å². The van der Waals surface area contributed by atoms with Crippen LogP contribution in [0.2, 0.25) is 0 Å². The lowest BCUT2D eigenvalue weighted by molar-refractivity contribution is 0.223. The van der Waals surface area contributed by atoms with E-state index in [0.717, 1.165) is 0 Å². The number of hydrogen-bond acceptors (Lipinski definition) is 3. The molecular formula is C9H10O3. The Balaban J connectivity index is 3.12. The summed E-state index contributed by atoms with van der Waals surface area (Å²) >= 11 is 0. The van der Waals surface area contributed by atoms with Gasteiger partial charge in [0, 0.05) is 5.56 Å². The number of aromatic hydroxyl groups is 2. The normalized spacial score (nSPS) is 12.4. The second kappa shape index (κ2) is 3.28. The zero-order valence-electron chi connectivity index (χ0n) is 6.44. The van der Waals surface area contributed by atoms with Gasteiger partial charge in [-0.05, 0) is 18.2 Å². The quantitative estimate of drug-likeness (QED) is 0.458. The van der Waals surface area contributed by atoms with Gasteiger partial charge in [-0.1, -0.05) is 6.08 Å². The summed E-state index contributed by atoms with van der Waals surface area (Å²) in [5.41, 5.74) is 0.255. The molecule has 1 unspecified atom stereocenters. The number of aliphatic hydroxyl groups excluding tert-OH is 1. The fourth-order valence-corrected chi connectivity index (χ4v) is 0.906. The van der Waals surface area contributed by atoms with Gasteiger partial charge in [-0.15, -0.1) is 6.58 Å². The van der Waals surface area contributed by atoms with Crippen molar-refractivity contribution in [1.29, 1.82) is 0 Å². The molecule has 0 aromatic heterocycles. The molecule has 1 atom stereocenters. The molecule has 0 fully saturated rings. The number of benzene rings is 1. The van der Waals surface area contributed by atoms with Crippen molar-refractivity contribution in [2.24, 2.45) is 0 Å². The average Bonchev–Trinajstić information content (AvgIpc) is 2.08. The zero-order valence-corrected chi connectivity index (χ0v) is 6.44. The van der Waals surface area contributed by atoms with Crippen LogP contribution in [0.15, 0.2) is 30.9 Å². The van der Waals surface area contributed by atoms with Crippen LogP contribution in [0.1, 0.15) is 11.7 Å². The maximum atomic E-state index is 9.25. The molecule has 0 aliphatic rings. The summed E-state index contributed by atoms with van der Waals surface area (Å²) in [4.78, 5) is 0. The Morgan fingerprint density at radius 2 is 2.00 bits per heavy atom. The van der Waals surface area contributed by atoms with Crippen molar-refractivity contribution in [3.63, 3.8) is 0 Å². The van der Waals surface area contributed by atoms with Crippen molar-refractivity contribution in [1.82, 2.24) is 0 Å². The summed E-state index contributed by atoms with van der Waals surface area (Å²) in [6.45, 7) is 3.37. The monoisotopic (exact) mass is 166 g/mol. The van der Waals surface area contributed by atoms with Gasteiger partial charge in [0.1, 0.15) is 17.6 Å². The van der Waals surface area contributed by atoms with E-state index in [9.17, 15) is 10.2 Å². The Morgan fingerprint density at radius 1 is 1.33 bits per heavy atom. The van der Waals surface area contributed by atoms with Crippen LogP contribution in [-0.4, -0.2) is 15.3 Å². The van der Waals surface area contributed by atoms with E-state index in [2.05, 4.69) is 6.58 Å². The van der Waals surface area contributed by atoms with Gasteiger partial charge < -0.3 is 15.3 Å². The summed E-state index contributed by atoms with van der Waals surface area (Å²) in [6, 6.07) is 3.95. The van der Waals surface area contributed by atoms with Crippen LogP contribution in [0.3, 0.4) is 0 Å². The van der Waals surface area contributed by atoms with Gasteiger partial charge in [-0.25, -0.2) is 0 Å². The van der Waals surface area contributed by atoms with Gasteiger partial charge in [-0.3, -0.25) is 0 Å². The topological polar surface area (TPSA) is 60.7 Å². The van der Waals surface area contributed by atoms with Gasteiger partial charge in [0.25, 0.3) is 0 Å². The predicted octanol–water partition coefficient (Wildman–Crippen LogP) is 1.32. The molecule has 12 heavy (non-hydrogen) atoms. The molecule has 3 nitrogen and oxygen atoms in total. The molecule has 0 bridgehead atoms. The highest BCUT2D eigenvalue weighted by Gasteiger charge is 2.08. The molecule has 0 radical (unpaired) electrons. The van der Waals surface area contributed by atoms with Gasteiger partial charge >= 0.3 is 0 Å². The molecule has 0 heterocycles. The lowest BCUT2D eigenvalue weighted by Crippen LogP contribution is -1.92. The third kappa shape index (κ3) is 1.57. The highest BCUT2D eigenvalue weighted by atomic mass is 16.3. The van der Waals surface area contributed by atoms with Gasteiger partial charge in [0.2, 0.25) is 0 Å². The summed E-state index contributed by atoms with van der Waals surface area (Å²) in [5.74, 6) is -0.0519. The highest BCUT2D eigenvalue weighted by Crippen LogP contribution is 2.27. The maximum Gasteiger partial charge on any atom is 0.121 e. The maximum absolute atomic E-state index is 9.25. The smallest absolute Gasteiger partial charge is 0.121 e. The Morgan fingerprint density at radius 3 is 2.58 bits per heavy atom. The van der Waals surface area contributed by atoms with E-state index in [4.69, 9.17) is 5.11 Å². The van der Waals surface area contributed by atoms with E-state index < -0.39 is 6.10 Å². The molecule has 1 aromatic carbocycles. The van der Waals surface area contributed by atoms with E-state index in [1.807, 2.05) is 0 Å². The van der Waals surface area contributed by atoms with Crippen molar-refractivity contribution in [2.45, 2.75) is 6.10 Å². The van der Waals surface area contributed by atoms with Crippen molar-refractivity contribution < 1.29 is 15.3 Å². The second-order valence-electron chi connectivity index (χ2n) is 2.42. The Bertz CT molecular complexity index is 294. The highest BCUT2D eigenvalue weighted by molar-refractivity contribution is 5.41. The molecule has 1 aromatic rings. The van der Waals surface area contributed by atoms with Crippen molar-refractivity contribution >= 4 is 0 Å². The molecular weight excluding hydrogens is 156 g/mol. The van der Waals surface area contributed by atoms with Gasteiger partial charge in [0.15, 0.2) is 0 Å². The van der Waals surface area contributed by atoms with E-state index in [0.29, 0.717) is 0 Å². The van der Waals surface area contributed by atoms with E-state index in [1.165, 1.54) is 24.3 Å². The van der Waals surface area contributed by atoms with Crippen LogP contribution in [0.25, 0.3) is 0 Å². The Hall–Kier alpha value is -1.48. The zero-order chi connectivity index (χ0) is 9.14. The van der Waals surface area contributed by atoms with E-state index in [-0.39, 0.29) is 17.1 Å². The second-order valence-corrected chi connectivity index (χ2v) is 2.42. The van der Waals surface area contributed by atoms with Crippen LogP contribution >= 0.6 is 0 Å². The first kappa shape index (κ1) is 8.62. The predicted molar refractivity (Wildman–Crippen MR) is 44.9 cm³/mol. The third-order valence-corrected chi connectivity index (χ3v) is 1.55. The summed E-state index contributed by atoms with van der Waals surface area (Å²) in [5, 5.41) is 27.5. The molecule has 0 saturated carbocycles. The molecule has 0 aliphatic heterocycles. The molecule has 64 valence electrons. The largest absolute Gasteiger partial charge is 0.508 e. The molecule has 3 heteroatoms. The number of hydrogen-bond donors (Lipinski definition) is 3. The summed E-state index contributed by atoms with van der Waals surface area (Å²) in [7, 11) is 0. The third-order valence-electron chi connectivity index (χ3n) is 1.55. The van der Waals surface area contributed by atoms with Gasteiger partial charge in [-0.2, -0.15) is 0 Å². The van der Waals surface area contributed by atoms with Crippen LogP contribution in [0, 0.1) is 0 Å². The number of rotatable bonds is 2. The average molecular weight is 166 g/mol. The van der Waals surface area contributed by atoms with Crippen LogP contribution in [0.4, 0.5) is 0 Å². The lowest BCUT2D eigenvalue weighted by atomic mass is 10.1. The SMILES string of the molecule is C=CC(O)c1cc(O)ccc1O. The number of aliphatic hydroxyl groups is 1. The summed E-state index contributed by atoms with van der Waals surface area (Å²) < 4.78 is 0. The minimum Gasteiger partial charge on any atom is -0.508 e. The number of phenolic OH excluding ortho intramolecular Hbond substituents is 2. The Kier molecular flexibility index (Phi) is 2.35. The minimum absolute atomic E-state index is 0.00343. The molecule has 0 amide bonds. The molecule has 0 saturated heterocycles. The number of phenols is 2. The van der Waals surface area contributed by atoms with E-state index >= 15 is 0 Å². The standard InChI is InChI=1S/C9H10O3/c1-2-8(11)7-5-6(10)3-4-9(7)12/h2-5,8,10-12H,1H2. The fraction of sp³-hybridized carbons (Fsp3) is 0.111. The molecule has 3 N–H and O–H groups in total.